The van der Waals surface area contributed by atoms with E-state index < -0.39 is 11.7 Å². The van der Waals surface area contributed by atoms with Crippen molar-refractivity contribution in [2.45, 2.75) is 31.7 Å². The zero-order valence-electron chi connectivity index (χ0n) is 10.9. The summed E-state index contributed by atoms with van der Waals surface area (Å²) in [6.07, 6.45) is 3.28. The number of nitrogens with two attached hydrogens (primary N) is 1. The summed E-state index contributed by atoms with van der Waals surface area (Å²) in [5.41, 5.74) is 5.62. The molecule has 0 heterocycles. The highest BCUT2D eigenvalue weighted by atomic mass is 35.5. The van der Waals surface area contributed by atoms with E-state index in [2.05, 4.69) is 5.32 Å². The van der Waals surface area contributed by atoms with Crippen molar-refractivity contribution in [3.8, 4) is 0 Å². The third-order valence-corrected chi connectivity index (χ3v) is 3.92. The van der Waals surface area contributed by atoms with Crippen LogP contribution in [-0.2, 0) is 4.79 Å². The van der Waals surface area contributed by atoms with Crippen LogP contribution in [0, 0.1) is 11.7 Å². The van der Waals surface area contributed by atoms with E-state index >= 15 is 0 Å². The van der Waals surface area contributed by atoms with Gasteiger partial charge in [0.15, 0.2) is 0 Å². The summed E-state index contributed by atoms with van der Waals surface area (Å²) >= 11 is 5.65. The minimum atomic E-state index is -0.573. The summed E-state index contributed by atoms with van der Waals surface area (Å²) < 4.78 is 13.1. The highest BCUT2D eigenvalue weighted by Gasteiger charge is 2.30. The fourth-order valence-corrected chi connectivity index (χ4v) is 2.71. The zero-order valence-corrected chi connectivity index (χ0v) is 11.6. The summed E-state index contributed by atoms with van der Waals surface area (Å²) in [6.45, 7) is 0. The monoisotopic (exact) mass is 298 g/mol. The van der Waals surface area contributed by atoms with Crippen molar-refractivity contribution in [2.24, 2.45) is 11.7 Å². The largest absolute Gasteiger partial charge is 0.369 e. The van der Waals surface area contributed by atoms with Crippen LogP contribution in [0.5, 0.6) is 0 Å². The molecule has 2 rings (SSSR count). The molecule has 0 saturated heterocycles. The minimum Gasteiger partial charge on any atom is -0.369 e. The summed E-state index contributed by atoms with van der Waals surface area (Å²) in [4.78, 5) is 23.5. The molecule has 1 aromatic rings. The predicted octanol–water partition coefficient (Wildman–Crippen LogP) is 2.25. The second-order valence-corrected chi connectivity index (χ2v) is 5.41. The second kappa shape index (κ2) is 6.22. The third kappa shape index (κ3) is 3.28. The number of primary amides is 1. The first-order valence-corrected chi connectivity index (χ1v) is 6.92. The number of hydrogen-bond acceptors (Lipinski definition) is 2. The Balaban J connectivity index is 2.09. The van der Waals surface area contributed by atoms with Crippen LogP contribution >= 0.6 is 11.6 Å². The lowest BCUT2D eigenvalue weighted by atomic mass is 9.84. The lowest BCUT2D eigenvalue weighted by molar-refractivity contribution is -0.123. The molecule has 6 heteroatoms. The van der Waals surface area contributed by atoms with Crippen molar-refractivity contribution in [2.75, 3.05) is 0 Å². The molecular weight excluding hydrogens is 283 g/mol. The average molecular weight is 299 g/mol. The summed E-state index contributed by atoms with van der Waals surface area (Å²) in [5.74, 6) is -1.68. The Morgan fingerprint density at radius 3 is 2.65 bits per heavy atom. The first-order chi connectivity index (χ1) is 9.49. The normalized spacial score (nSPS) is 22.3. The van der Waals surface area contributed by atoms with Crippen LogP contribution in [0.4, 0.5) is 4.39 Å². The first kappa shape index (κ1) is 14.8. The number of hydrogen-bond donors (Lipinski definition) is 2. The highest BCUT2D eigenvalue weighted by Crippen LogP contribution is 2.25. The molecule has 20 heavy (non-hydrogen) atoms. The lowest BCUT2D eigenvalue weighted by Gasteiger charge is -2.30. The summed E-state index contributed by atoms with van der Waals surface area (Å²) in [6, 6.07) is 3.51. The SMILES string of the molecule is NC(=O)[C@H]1CCCC[C@@H]1NC(=O)c1ccc(F)c(Cl)c1. The van der Waals surface area contributed by atoms with Crippen LogP contribution in [0.25, 0.3) is 0 Å². The molecule has 3 N–H and O–H groups in total. The number of carbonyl (C=O) groups excluding carboxylic acids is 2. The smallest absolute Gasteiger partial charge is 0.251 e. The van der Waals surface area contributed by atoms with Gasteiger partial charge in [0.05, 0.1) is 10.9 Å². The maximum absolute atomic E-state index is 13.1. The van der Waals surface area contributed by atoms with Crippen LogP contribution in [0.15, 0.2) is 18.2 Å². The maximum atomic E-state index is 13.1. The highest BCUT2D eigenvalue weighted by molar-refractivity contribution is 6.31. The van der Waals surface area contributed by atoms with Gasteiger partial charge in [0.2, 0.25) is 5.91 Å². The van der Waals surface area contributed by atoms with Crippen LogP contribution in [-0.4, -0.2) is 17.9 Å². The van der Waals surface area contributed by atoms with Crippen molar-refractivity contribution in [1.29, 1.82) is 0 Å². The molecular formula is C14H16ClFN2O2. The predicted molar refractivity (Wildman–Crippen MR) is 73.8 cm³/mol. The topological polar surface area (TPSA) is 72.2 Å². The van der Waals surface area contributed by atoms with Crippen molar-refractivity contribution in [3.05, 3.63) is 34.6 Å². The molecule has 0 radical (unpaired) electrons. The Morgan fingerprint density at radius 2 is 2.00 bits per heavy atom. The fraction of sp³-hybridized carbons (Fsp3) is 0.429. The van der Waals surface area contributed by atoms with Crippen LogP contribution < -0.4 is 11.1 Å². The summed E-state index contributed by atoms with van der Waals surface area (Å²) in [5, 5.41) is 2.69. The molecule has 0 bridgehead atoms. The van der Waals surface area contributed by atoms with Gasteiger partial charge in [0.1, 0.15) is 5.82 Å². The Morgan fingerprint density at radius 1 is 1.30 bits per heavy atom. The van der Waals surface area contributed by atoms with Crippen molar-refractivity contribution >= 4 is 23.4 Å². The molecule has 1 saturated carbocycles. The Labute approximate surface area is 121 Å². The molecule has 0 unspecified atom stereocenters. The van der Waals surface area contributed by atoms with Crippen molar-refractivity contribution in [1.82, 2.24) is 5.32 Å². The van der Waals surface area contributed by atoms with Gasteiger partial charge in [-0.15, -0.1) is 0 Å². The van der Waals surface area contributed by atoms with E-state index in [1.54, 1.807) is 0 Å². The molecule has 0 spiro atoms. The van der Waals surface area contributed by atoms with Crippen LogP contribution in [0.3, 0.4) is 0 Å². The van der Waals surface area contributed by atoms with Gasteiger partial charge in [-0.2, -0.15) is 0 Å². The minimum absolute atomic E-state index is 0.104. The fourth-order valence-electron chi connectivity index (χ4n) is 2.53. The average Bonchev–Trinajstić information content (AvgIpc) is 2.42. The first-order valence-electron chi connectivity index (χ1n) is 6.54. The van der Waals surface area contributed by atoms with Crippen molar-refractivity contribution < 1.29 is 14.0 Å². The zero-order chi connectivity index (χ0) is 14.7. The van der Waals surface area contributed by atoms with E-state index in [0.29, 0.717) is 12.8 Å². The molecule has 2 amide bonds. The second-order valence-electron chi connectivity index (χ2n) is 5.00. The standard InChI is InChI=1S/C14H16ClFN2O2/c15-10-7-8(5-6-11(10)16)14(20)18-12-4-2-1-3-9(12)13(17)19/h5-7,9,12H,1-4H2,(H2,17,19)(H,18,20)/t9-,12-/m0/s1. The number of amides is 2. The van der Waals surface area contributed by atoms with E-state index in [0.717, 1.165) is 18.9 Å². The lowest BCUT2D eigenvalue weighted by Crippen LogP contribution is -2.47. The molecule has 0 aromatic heterocycles. The molecule has 1 aliphatic rings. The molecule has 1 aliphatic carbocycles. The maximum Gasteiger partial charge on any atom is 0.251 e. The molecule has 1 fully saturated rings. The number of rotatable bonds is 3. The van der Waals surface area contributed by atoms with Gasteiger partial charge in [0.25, 0.3) is 5.91 Å². The van der Waals surface area contributed by atoms with Gasteiger partial charge >= 0.3 is 0 Å². The van der Waals surface area contributed by atoms with E-state index in [1.807, 2.05) is 0 Å². The van der Waals surface area contributed by atoms with Crippen LogP contribution in [0.2, 0.25) is 5.02 Å². The van der Waals surface area contributed by atoms with E-state index in [4.69, 9.17) is 17.3 Å². The van der Waals surface area contributed by atoms with Gasteiger partial charge in [-0.25, -0.2) is 4.39 Å². The third-order valence-electron chi connectivity index (χ3n) is 3.63. The molecule has 4 nitrogen and oxygen atoms in total. The van der Waals surface area contributed by atoms with Gasteiger partial charge in [0, 0.05) is 11.6 Å². The van der Waals surface area contributed by atoms with E-state index in [1.165, 1.54) is 12.1 Å². The molecule has 2 atom stereocenters. The van der Waals surface area contributed by atoms with E-state index in [9.17, 15) is 14.0 Å². The molecule has 108 valence electrons. The number of benzene rings is 1. The van der Waals surface area contributed by atoms with E-state index in [-0.39, 0.29) is 28.5 Å². The van der Waals surface area contributed by atoms with Gasteiger partial charge in [-0.05, 0) is 31.0 Å². The Bertz CT molecular complexity index is 536. The molecule has 0 aliphatic heterocycles. The van der Waals surface area contributed by atoms with Crippen molar-refractivity contribution in [3.63, 3.8) is 0 Å². The number of halogens is 2. The number of carbonyl (C=O) groups is 2. The van der Waals surface area contributed by atoms with Gasteiger partial charge in [-0.3, -0.25) is 9.59 Å². The molecule has 1 aromatic carbocycles. The van der Waals surface area contributed by atoms with Gasteiger partial charge in [-0.1, -0.05) is 24.4 Å². The Hall–Kier alpha value is -1.62. The quantitative estimate of drug-likeness (QED) is 0.898. The number of nitrogens with one attached hydrogen (secondary N) is 1. The van der Waals surface area contributed by atoms with Gasteiger partial charge < -0.3 is 11.1 Å². The summed E-state index contributed by atoms with van der Waals surface area (Å²) in [7, 11) is 0. The Kier molecular flexibility index (Phi) is 4.60. The van der Waals surface area contributed by atoms with Crippen LogP contribution in [0.1, 0.15) is 36.0 Å².